The Kier molecular flexibility index (Phi) is 9.28. The number of ether oxygens (including phenoxy) is 2. The lowest BCUT2D eigenvalue weighted by Crippen LogP contribution is -2.20. The van der Waals surface area contributed by atoms with Crippen LogP contribution in [0.4, 0.5) is 5.69 Å². The molecule has 0 saturated heterocycles. The highest BCUT2D eigenvalue weighted by Gasteiger charge is 2.12. The molecule has 2 amide bonds. The van der Waals surface area contributed by atoms with E-state index in [1.54, 1.807) is 43.9 Å². The summed E-state index contributed by atoms with van der Waals surface area (Å²) >= 11 is 0. The molecular formula is C26H25N5O5. The van der Waals surface area contributed by atoms with Gasteiger partial charge in [0.1, 0.15) is 29.5 Å². The highest BCUT2D eigenvalue weighted by molar-refractivity contribution is 6.05. The molecule has 1 aromatic carbocycles. The van der Waals surface area contributed by atoms with E-state index in [2.05, 4.69) is 25.6 Å². The molecule has 4 aromatic rings. The van der Waals surface area contributed by atoms with Crippen molar-refractivity contribution < 1.29 is 24.2 Å². The molecule has 3 aromatic heterocycles. The quantitative estimate of drug-likeness (QED) is 0.337. The fraction of sp³-hybridized carbons (Fsp3) is 0.115. The molecule has 0 bridgehead atoms. The summed E-state index contributed by atoms with van der Waals surface area (Å²) in [6.45, 7) is 0.201. The van der Waals surface area contributed by atoms with E-state index < -0.39 is 5.91 Å². The molecule has 184 valence electrons. The summed E-state index contributed by atoms with van der Waals surface area (Å²) in [5.74, 6) is 0.124. The second-order valence-corrected chi connectivity index (χ2v) is 7.15. The Morgan fingerprint density at radius 3 is 2.25 bits per heavy atom. The van der Waals surface area contributed by atoms with Crippen LogP contribution in [0, 0.1) is 0 Å². The van der Waals surface area contributed by atoms with Gasteiger partial charge >= 0.3 is 0 Å². The van der Waals surface area contributed by atoms with Crippen LogP contribution in [0.25, 0.3) is 0 Å². The highest BCUT2D eigenvalue weighted by Crippen LogP contribution is 2.29. The van der Waals surface area contributed by atoms with Crippen molar-refractivity contribution in [2.75, 3.05) is 19.5 Å². The van der Waals surface area contributed by atoms with Crippen LogP contribution in [0.15, 0.2) is 85.5 Å². The number of aromatic hydroxyl groups is 1. The number of nitrogens with zero attached hydrogens (tertiary/aromatic N) is 3. The normalized spacial score (nSPS) is 9.83. The maximum absolute atomic E-state index is 12.4. The third-order valence-corrected chi connectivity index (χ3v) is 4.69. The van der Waals surface area contributed by atoms with Crippen molar-refractivity contribution in [1.82, 2.24) is 20.3 Å². The Balaban J connectivity index is 0.000000526. The highest BCUT2D eigenvalue weighted by atomic mass is 16.5. The average Bonchev–Trinajstić information content (AvgIpc) is 2.94. The van der Waals surface area contributed by atoms with Gasteiger partial charge in [-0.25, -0.2) is 0 Å². The van der Waals surface area contributed by atoms with E-state index in [0.717, 1.165) is 0 Å². The van der Waals surface area contributed by atoms with E-state index in [-0.39, 0.29) is 35.2 Å². The van der Waals surface area contributed by atoms with Gasteiger partial charge in [-0.05, 0) is 48.5 Å². The Bertz CT molecular complexity index is 1240. The van der Waals surface area contributed by atoms with Crippen LogP contribution >= 0.6 is 0 Å². The topological polar surface area (TPSA) is 136 Å². The number of phenols is 1. The SMILES string of the molecule is CNC(=O)c1ccc(C(=O)Nc2cc(OCc3ccc(OC)cn3)ccc2O)cn1.c1ccncc1. The molecule has 0 fully saturated rings. The molecule has 0 radical (unpaired) electrons. The van der Waals surface area contributed by atoms with Gasteiger partial charge in [-0.15, -0.1) is 0 Å². The third kappa shape index (κ3) is 7.52. The summed E-state index contributed by atoms with van der Waals surface area (Å²) < 4.78 is 10.7. The van der Waals surface area contributed by atoms with Gasteiger partial charge < -0.3 is 25.2 Å². The summed E-state index contributed by atoms with van der Waals surface area (Å²) in [4.78, 5) is 35.9. The van der Waals surface area contributed by atoms with Crippen LogP contribution in [0.1, 0.15) is 26.5 Å². The predicted octanol–water partition coefficient (Wildman–Crippen LogP) is 3.46. The van der Waals surface area contributed by atoms with Crippen molar-refractivity contribution in [3.63, 3.8) is 0 Å². The number of hydrogen-bond donors (Lipinski definition) is 3. The fourth-order valence-corrected chi connectivity index (χ4v) is 2.78. The first kappa shape index (κ1) is 25.6. The predicted molar refractivity (Wildman–Crippen MR) is 133 cm³/mol. The molecule has 10 nitrogen and oxygen atoms in total. The standard InChI is InChI=1S/C21H20N4O5.C5H5N/c1-22-21(28)17-7-3-13(10-24-17)20(27)25-18-9-15(6-8-19(18)26)30-12-14-4-5-16(29-2)11-23-14;1-2-4-6-5-3-1/h3-11,26H,12H2,1-2H3,(H,22,28)(H,25,27);1-5H. The van der Waals surface area contributed by atoms with Crippen molar-refractivity contribution in [3.8, 4) is 17.2 Å². The summed E-state index contributed by atoms with van der Waals surface area (Å²) in [6, 6.07) is 16.7. The molecule has 0 aliphatic rings. The number of carbonyl (C=O) groups is 2. The molecule has 3 N–H and O–H groups in total. The molecule has 0 atom stereocenters. The Hall–Kier alpha value is -4.99. The Labute approximate surface area is 208 Å². The number of aromatic nitrogens is 3. The number of pyridine rings is 3. The van der Waals surface area contributed by atoms with Gasteiger partial charge in [-0.3, -0.25) is 24.5 Å². The largest absolute Gasteiger partial charge is 0.506 e. The lowest BCUT2D eigenvalue weighted by atomic mass is 10.2. The van der Waals surface area contributed by atoms with Gasteiger partial charge in [-0.1, -0.05) is 6.07 Å². The van der Waals surface area contributed by atoms with Gasteiger partial charge in [0.25, 0.3) is 11.8 Å². The average molecular weight is 488 g/mol. The number of benzene rings is 1. The second kappa shape index (κ2) is 13.0. The number of carbonyl (C=O) groups excluding carboxylic acids is 2. The number of hydrogen-bond acceptors (Lipinski definition) is 8. The first-order chi connectivity index (χ1) is 17.5. The monoisotopic (exact) mass is 487 g/mol. The molecule has 0 aliphatic heterocycles. The Morgan fingerprint density at radius 1 is 0.917 bits per heavy atom. The third-order valence-electron chi connectivity index (χ3n) is 4.69. The van der Waals surface area contributed by atoms with Gasteiger partial charge in [0.05, 0.1) is 30.3 Å². The molecule has 3 heterocycles. The molecule has 10 heteroatoms. The van der Waals surface area contributed by atoms with E-state index in [1.807, 2.05) is 18.2 Å². The minimum Gasteiger partial charge on any atom is -0.506 e. The minimum atomic E-state index is -0.491. The number of rotatable bonds is 7. The molecule has 0 saturated carbocycles. The number of nitrogens with one attached hydrogen (secondary N) is 2. The smallest absolute Gasteiger partial charge is 0.269 e. The summed E-state index contributed by atoms with van der Waals surface area (Å²) in [5.41, 5.74) is 1.29. The van der Waals surface area contributed by atoms with Crippen LogP contribution in [-0.2, 0) is 6.61 Å². The van der Waals surface area contributed by atoms with E-state index in [4.69, 9.17) is 9.47 Å². The van der Waals surface area contributed by atoms with Crippen molar-refractivity contribution in [2.24, 2.45) is 0 Å². The van der Waals surface area contributed by atoms with Crippen LogP contribution in [0.3, 0.4) is 0 Å². The molecule has 36 heavy (non-hydrogen) atoms. The van der Waals surface area contributed by atoms with Crippen molar-refractivity contribution in [2.45, 2.75) is 6.61 Å². The van der Waals surface area contributed by atoms with Crippen molar-refractivity contribution in [1.29, 1.82) is 0 Å². The van der Waals surface area contributed by atoms with Crippen LogP contribution in [0.2, 0.25) is 0 Å². The molecule has 0 spiro atoms. The second-order valence-electron chi connectivity index (χ2n) is 7.15. The van der Waals surface area contributed by atoms with Gasteiger partial charge in [0, 0.05) is 31.7 Å². The van der Waals surface area contributed by atoms with Gasteiger partial charge in [-0.2, -0.15) is 0 Å². The molecule has 0 unspecified atom stereocenters. The summed E-state index contributed by atoms with van der Waals surface area (Å²) in [6.07, 6.45) is 6.37. The maximum atomic E-state index is 12.4. The molecular weight excluding hydrogens is 462 g/mol. The lowest BCUT2D eigenvalue weighted by molar-refractivity contribution is 0.0955. The number of amides is 2. The Morgan fingerprint density at radius 2 is 1.69 bits per heavy atom. The zero-order chi connectivity index (χ0) is 25.8. The van der Waals surface area contributed by atoms with Crippen LogP contribution in [0.5, 0.6) is 17.2 Å². The molecule has 4 rings (SSSR count). The summed E-state index contributed by atoms with van der Waals surface area (Å²) in [5, 5.41) is 15.1. The zero-order valence-corrected chi connectivity index (χ0v) is 19.7. The van der Waals surface area contributed by atoms with E-state index in [0.29, 0.717) is 17.2 Å². The maximum Gasteiger partial charge on any atom is 0.269 e. The molecule has 0 aliphatic carbocycles. The van der Waals surface area contributed by atoms with E-state index in [9.17, 15) is 14.7 Å². The summed E-state index contributed by atoms with van der Waals surface area (Å²) in [7, 11) is 3.05. The lowest BCUT2D eigenvalue weighted by Gasteiger charge is -2.11. The van der Waals surface area contributed by atoms with E-state index >= 15 is 0 Å². The van der Waals surface area contributed by atoms with Gasteiger partial charge in [0.2, 0.25) is 0 Å². The zero-order valence-electron chi connectivity index (χ0n) is 19.7. The number of phenolic OH excluding ortho intramolecular Hbond substituents is 1. The fourth-order valence-electron chi connectivity index (χ4n) is 2.78. The number of anilines is 1. The first-order valence-corrected chi connectivity index (χ1v) is 10.8. The van der Waals surface area contributed by atoms with E-state index in [1.165, 1.54) is 37.5 Å². The minimum absolute atomic E-state index is 0.117. The first-order valence-electron chi connectivity index (χ1n) is 10.8. The van der Waals surface area contributed by atoms with Crippen LogP contribution in [-0.4, -0.2) is 46.0 Å². The number of methoxy groups -OCH3 is 1. The van der Waals surface area contributed by atoms with Gasteiger partial charge in [0.15, 0.2) is 0 Å². The van der Waals surface area contributed by atoms with Crippen molar-refractivity contribution in [3.05, 3.63) is 102 Å². The van der Waals surface area contributed by atoms with Crippen molar-refractivity contribution >= 4 is 17.5 Å². The van der Waals surface area contributed by atoms with Crippen LogP contribution < -0.4 is 20.1 Å².